The zero-order valence-electron chi connectivity index (χ0n) is 11.0. The number of benzene rings is 1. The first-order valence-corrected chi connectivity index (χ1v) is 6.81. The van der Waals surface area contributed by atoms with Gasteiger partial charge in [-0.15, -0.1) is 0 Å². The van der Waals surface area contributed by atoms with Crippen LogP contribution in [0.2, 0.25) is 0 Å². The topological polar surface area (TPSA) is 86.6 Å². The van der Waals surface area contributed by atoms with Crippen LogP contribution in [0.3, 0.4) is 0 Å². The molecule has 1 aromatic carbocycles. The Hall–Kier alpha value is -0.885. The Morgan fingerprint density at radius 3 is 2.11 bits per heavy atom. The lowest BCUT2D eigenvalue weighted by Crippen LogP contribution is -2.40. The summed E-state index contributed by atoms with van der Waals surface area (Å²) in [7, 11) is -3.39. The highest BCUT2D eigenvalue weighted by Gasteiger charge is 2.21. The summed E-state index contributed by atoms with van der Waals surface area (Å²) in [5.41, 5.74) is 0.481. The average molecular weight is 272 g/mol. The molecule has 0 saturated heterocycles. The molecule has 0 amide bonds. The van der Waals surface area contributed by atoms with Crippen molar-refractivity contribution < 1.29 is 18.5 Å². The number of sulfonamides is 1. The molecule has 101 valence electrons. The molecule has 7 heteroatoms. The van der Waals surface area contributed by atoms with Gasteiger partial charge in [0.1, 0.15) is 0 Å². The highest BCUT2D eigenvalue weighted by atomic mass is 32.2. The molecule has 0 aromatic heterocycles. The van der Waals surface area contributed by atoms with Crippen LogP contribution in [0.15, 0.2) is 29.2 Å². The first kappa shape index (κ1) is 17.1. The van der Waals surface area contributed by atoms with E-state index in [0.717, 1.165) is 5.56 Å². The largest absolute Gasteiger partial charge is 0.482 e. The normalized spacial score (nSPS) is 11.4. The molecule has 0 fully saturated rings. The first-order valence-electron chi connectivity index (χ1n) is 5.33. The number of hydrogen-bond acceptors (Lipinski definition) is 4. The zero-order chi connectivity index (χ0) is 14.4. The Kier molecular flexibility index (Phi) is 6.55. The van der Waals surface area contributed by atoms with Gasteiger partial charge in [-0.3, -0.25) is 0 Å². The third kappa shape index (κ3) is 6.75. The van der Waals surface area contributed by atoms with Crippen LogP contribution in [0, 0.1) is 6.92 Å². The summed E-state index contributed by atoms with van der Waals surface area (Å²) in [6, 6.07) is 6.87. The second-order valence-corrected chi connectivity index (χ2v) is 6.47. The van der Waals surface area contributed by atoms with Gasteiger partial charge in [0.2, 0.25) is 10.0 Å². The fourth-order valence-electron chi connectivity index (χ4n) is 1.24. The first-order chi connectivity index (χ1) is 8.12. The minimum atomic E-state index is -3.39. The molecule has 0 saturated carbocycles. The van der Waals surface area contributed by atoms with Crippen LogP contribution in [0.5, 0.6) is 0 Å². The van der Waals surface area contributed by atoms with Crippen LogP contribution >= 0.6 is 0 Å². The van der Waals surface area contributed by atoms with E-state index in [0.29, 0.717) is 4.90 Å². The molecular weight excluding hydrogens is 253 g/mol. The van der Waals surface area contributed by atoms with Crippen LogP contribution in [-0.2, 0) is 10.0 Å². The lowest BCUT2D eigenvalue weighted by Gasteiger charge is -2.20. The molecule has 18 heavy (non-hydrogen) atoms. The SMILES string of the molecule is Cc1cccc(S(=O)(=O)NC(C)(C)C)c1.O[B]O. The molecule has 0 aliphatic carbocycles. The Labute approximate surface area is 109 Å². The van der Waals surface area contributed by atoms with E-state index in [9.17, 15) is 8.42 Å². The third-order valence-electron chi connectivity index (χ3n) is 1.74. The molecule has 3 N–H and O–H groups in total. The van der Waals surface area contributed by atoms with Crippen molar-refractivity contribution in [1.29, 1.82) is 0 Å². The van der Waals surface area contributed by atoms with E-state index in [-0.39, 0.29) is 7.69 Å². The van der Waals surface area contributed by atoms with Gasteiger partial charge >= 0.3 is 7.69 Å². The predicted molar refractivity (Wildman–Crippen MR) is 71.4 cm³/mol. The van der Waals surface area contributed by atoms with Crippen LogP contribution in [0.4, 0.5) is 0 Å². The van der Waals surface area contributed by atoms with Crippen molar-refractivity contribution in [2.24, 2.45) is 0 Å². The molecule has 0 bridgehead atoms. The summed E-state index contributed by atoms with van der Waals surface area (Å²) < 4.78 is 26.4. The van der Waals surface area contributed by atoms with Crippen LogP contribution in [-0.4, -0.2) is 31.7 Å². The molecule has 1 radical (unpaired) electrons. The summed E-state index contributed by atoms with van der Waals surface area (Å²) in [5.74, 6) is 0. The minimum absolute atomic E-state index is 0. The van der Waals surface area contributed by atoms with Crippen molar-refractivity contribution in [3.63, 3.8) is 0 Å². The Bertz CT molecular complexity index is 468. The summed E-state index contributed by atoms with van der Waals surface area (Å²) in [6.45, 7) is 7.33. The molecule has 0 aliphatic rings. The lowest BCUT2D eigenvalue weighted by molar-refractivity contribution is 0.448. The fraction of sp³-hybridized carbons (Fsp3) is 0.455. The van der Waals surface area contributed by atoms with E-state index in [1.54, 1.807) is 18.2 Å². The predicted octanol–water partition coefficient (Wildman–Crippen LogP) is 0.577. The maximum atomic E-state index is 11.9. The van der Waals surface area contributed by atoms with Crippen molar-refractivity contribution in [3.8, 4) is 0 Å². The van der Waals surface area contributed by atoms with E-state index >= 15 is 0 Å². The maximum Gasteiger partial charge on any atom is 0.482 e. The standard InChI is InChI=1S/C11H17NO2S.BH2O2/c1-9-6-5-7-10(8-9)15(13,14)12-11(2,3)4;2-1-3/h5-8,12H,1-4H3;2-3H. The monoisotopic (exact) mass is 272 g/mol. The van der Waals surface area contributed by atoms with E-state index < -0.39 is 15.6 Å². The summed E-state index contributed by atoms with van der Waals surface area (Å²) in [5, 5.41) is 14.0. The van der Waals surface area contributed by atoms with Gasteiger partial charge in [-0.2, -0.15) is 0 Å². The molecular formula is C11H19BNO4S. The lowest BCUT2D eigenvalue weighted by atomic mass is 10.1. The van der Waals surface area contributed by atoms with Gasteiger partial charge in [-0.05, 0) is 45.4 Å². The second kappa shape index (κ2) is 6.89. The molecule has 0 heterocycles. The van der Waals surface area contributed by atoms with Gasteiger partial charge in [0, 0.05) is 5.54 Å². The molecule has 0 unspecified atom stereocenters. The quantitative estimate of drug-likeness (QED) is 0.687. The van der Waals surface area contributed by atoms with Gasteiger partial charge in [-0.25, -0.2) is 13.1 Å². The molecule has 1 aromatic rings. The highest BCUT2D eigenvalue weighted by Crippen LogP contribution is 2.13. The van der Waals surface area contributed by atoms with Gasteiger partial charge in [-0.1, -0.05) is 12.1 Å². The second-order valence-electron chi connectivity index (χ2n) is 4.79. The maximum absolute atomic E-state index is 11.9. The summed E-state index contributed by atoms with van der Waals surface area (Å²) in [4.78, 5) is 0.317. The number of hydrogen-bond donors (Lipinski definition) is 3. The van der Waals surface area contributed by atoms with Gasteiger partial charge in [0.25, 0.3) is 0 Å². The molecule has 0 atom stereocenters. The zero-order valence-corrected chi connectivity index (χ0v) is 11.8. The number of rotatable bonds is 2. The van der Waals surface area contributed by atoms with Crippen molar-refractivity contribution in [2.45, 2.75) is 38.1 Å². The highest BCUT2D eigenvalue weighted by molar-refractivity contribution is 7.89. The van der Waals surface area contributed by atoms with E-state index in [1.807, 2.05) is 33.8 Å². The summed E-state index contributed by atoms with van der Waals surface area (Å²) in [6.07, 6.45) is 0. The van der Waals surface area contributed by atoms with Crippen LogP contribution in [0.25, 0.3) is 0 Å². The van der Waals surface area contributed by atoms with Crippen molar-refractivity contribution >= 4 is 17.7 Å². The average Bonchev–Trinajstić information content (AvgIpc) is 2.15. The number of aryl methyl sites for hydroxylation is 1. The van der Waals surface area contributed by atoms with Gasteiger partial charge in [0.15, 0.2) is 0 Å². The van der Waals surface area contributed by atoms with Crippen LogP contribution < -0.4 is 4.72 Å². The number of nitrogens with one attached hydrogen (secondary N) is 1. The molecule has 0 aliphatic heterocycles. The fourth-order valence-corrected chi connectivity index (χ4v) is 2.77. The summed E-state index contributed by atoms with van der Waals surface area (Å²) >= 11 is 0. The third-order valence-corrected chi connectivity index (χ3v) is 3.50. The Balaban J connectivity index is 0.000000873. The Morgan fingerprint density at radius 1 is 1.22 bits per heavy atom. The van der Waals surface area contributed by atoms with Crippen molar-refractivity contribution in [2.75, 3.05) is 0 Å². The van der Waals surface area contributed by atoms with Gasteiger partial charge < -0.3 is 10.0 Å². The van der Waals surface area contributed by atoms with Crippen molar-refractivity contribution in [1.82, 2.24) is 4.72 Å². The van der Waals surface area contributed by atoms with Crippen molar-refractivity contribution in [3.05, 3.63) is 29.8 Å². The smallest absolute Gasteiger partial charge is 0.429 e. The Morgan fingerprint density at radius 2 is 1.72 bits per heavy atom. The van der Waals surface area contributed by atoms with Gasteiger partial charge in [0.05, 0.1) is 4.90 Å². The molecule has 0 spiro atoms. The van der Waals surface area contributed by atoms with Crippen LogP contribution in [0.1, 0.15) is 26.3 Å². The molecule has 5 nitrogen and oxygen atoms in total. The van der Waals surface area contributed by atoms with E-state index in [4.69, 9.17) is 10.0 Å². The molecule has 1 rings (SSSR count). The van der Waals surface area contributed by atoms with E-state index in [2.05, 4.69) is 4.72 Å². The minimum Gasteiger partial charge on any atom is -0.429 e. The van der Waals surface area contributed by atoms with E-state index in [1.165, 1.54) is 0 Å².